The predicted octanol–water partition coefficient (Wildman–Crippen LogP) is 3.29. The summed E-state index contributed by atoms with van der Waals surface area (Å²) in [6.07, 6.45) is 5.45. The number of aromatic nitrogens is 3. The monoisotopic (exact) mass is 326 g/mol. The molecule has 3 heterocycles. The molecule has 6 heteroatoms. The molecule has 0 saturated carbocycles. The summed E-state index contributed by atoms with van der Waals surface area (Å²) in [4.78, 5) is 18.9. The molecule has 0 N–H and O–H groups in total. The highest BCUT2D eigenvalue weighted by Gasteiger charge is 2.23. The van der Waals surface area contributed by atoms with Gasteiger partial charge in [-0.15, -0.1) is 0 Å². The van der Waals surface area contributed by atoms with Crippen LogP contribution in [0.25, 0.3) is 16.9 Å². The van der Waals surface area contributed by atoms with Crippen molar-refractivity contribution in [3.8, 4) is 11.3 Å². The summed E-state index contributed by atoms with van der Waals surface area (Å²) in [5, 5.41) is 5.07. The van der Waals surface area contributed by atoms with Crippen molar-refractivity contribution < 1.29 is 4.79 Å². The molecule has 3 aromatic rings. The molecule has 4 rings (SSSR count). The number of carbonyl (C=O) groups excluding carboxylic acids is 1. The minimum atomic E-state index is 0.0123. The van der Waals surface area contributed by atoms with E-state index < -0.39 is 0 Å². The van der Waals surface area contributed by atoms with E-state index in [9.17, 15) is 4.79 Å². The average molecular weight is 327 g/mol. The van der Waals surface area contributed by atoms with E-state index in [-0.39, 0.29) is 5.91 Å². The second-order valence-electron chi connectivity index (χ2n) is 5.63. The van der Waals surface area contributed by atoms with Crippen LogP contribution in [0.1, 0.15) is 23.2 Å². The average Bonchev–Trinajstić information content (AvgIpc) is 3.24. The van der Waals surface area contributed by atoms with Gasteiger partial charge in [0.1, 0.15) is 5.56 Å². The molecule has 1 aliphatic heterocycles. The van der Waals surface area contributed by atoms with Crippen molar-refractivity contribution in [1.29, 1.82) is 0 Å². The summed E-state index contributed by atoms with van der Waals surface area (Å²) in [7, 11) is 0. The number of hydrogen-bond acceptors (Lipinski definition) is 3. The summed E-state index contributed by atoms with van der Waals surface area (Å²) in [5.41, 5.74) is 3.01. The molecule has 1 aliphatic rings. The molecule has 1 amide bonds. The van der Waals surface area contributed by atoms with Crippen molar-refractivity contribution in [2.45, 2.75) is 12.8 Å². The zero-order valence-corrected chi connectivity index (χ0v) is 13.2. The van der Waals surface area contributed by atoms with Crippen molar-refractivity contribution in [1.82, 2.24) is 19.5 Å². The molecule has 0 radical (unpaired) electrons. The highest BCUT2D eigenvalue weighted by Crippen LogP contribution is 2.23. The highest BCUT2D eigenvalue weighted by atomic mass is 35.5. The number of halogens is 1. The zero-order valence-electron chi connectivity index (χ0n) is 12.4. The molecular weight excluding hydrogens is 312 g/mol. The van der Waals surface area contributed by atoms with E-state index in [1.807, 2.05) is 35.2 Å². The predicted molar refractivity (Wildman–Crippen MR) is 88.6 cm³/mol. The third-order valence-electron chi connectivity index (χ3n) is 4.16. The van der Waals surface area contributed by atoms with Gasteiger partial charge in [-0.05, 0) is 31.0 Å². The van der Waals surface area contributed by atoms with Gasteiger partial charge < -0.3 is 4.90 Å². The van der Waals surface area contributed by atoms with E-state index in [4.69, 9.17) is 11.6 Å². The number of carbonyl (C=O) groups is 1. The fourth-order valence-electron chi connectivity index (χ4n) is 2.97. The molecule has 1 fully saturated rings. The zero-order chi connectivity index (χ0) is 15.8. The van der Waals surface area contributed by atoms with E-state index in [1.165, 1.54) is 0 Å². The summed E-state index contributed by atoms with van der Waals surface area (Å²) >= 11 is 5.95. The lowest BCUT2D eigenvalue weighted by atomic mass is 10.1. The van der Waals surface area contributed by atoms with Gasteiger partial charge in [0.05, 0.1) is 11.9 Å². The SMILES string of the molecule is O=C(c1cnn2c(-c3ccc(Cl)cc3)ccnc12)N1CCCC1. The maximum absolute atomic E-state index is 12.6. The Hall–Kier alpha value is -2.40. The van der Waals surface area contributed by atoms with Crippen LogP contribution in [0.3, 0.4) is 0 Å². The molecule has 23 heavy (non-hydrogen) atoms. The van der Waals surface area contributed by atoms with E-state index in [2.05, 4.69) is 10.1 Å². The number of hydrogen-bond donors (Lipinski definition) is 0. The number of benzene rings is 1. The molecule has 0 atom stereocenters. The van der Waals surface area contributed by atoms with Gasteiger partial charge in [-0.3, -0.25) is 4.79 Å². The Morgan fingerprint density at radius 3 is 2.57 bits per heavy atom. The normalized spacial score (nSPS) is 14.6. The van der Waals surface area contributed by atoms with Crippen molar-refractivity contribution in [2.75, 3.05) is 13.1 Å². The smallest absolute Gasteiger partial charge is 0.259 e. The molecule has 1 saturated heterocycles. The van der Waals surface area contributed by atoms with Crippen LogP contribution >= 0.6 is 11.6 Å². The fraction of sp³-hybridized carbons (Fsp3) is 0.235. The summed E-state index contributed by atoms with van der Waals surface area (Å²) in [6.45, 7) is 1.63. The van der Waals surface area contributed by atoms with Gasteiger partial charge in [-0.2, -0.15) is 5.10 Å². The number of fused-ring (bicyclic) bond motifs is 1. The molecule has 2 aromatic heterocycles. The van der Waals surface area contributed by atoms with E-state index in [1.54, 1.807) is 16.9 Å². The summed E-state index contributed by atoms with van der Waals surface area (Å²) in [5.74, 6) is 0.0123. The molecule has 1 aromatic carbocycles. The molecule has 0 aliphatic carbocycles. The molecular formula is C17H15ClN4O. The molecule has 0 bridgehead atoms. The first-order valence-corrected chi connectivity index (χ1v) is 8.00. The summed E-state index contributed by atoms with van der Waals surface area (Å²) in [6, 6.07) is 9.42. The Bertz CT molecular complexity index is 866. The Labute approximate surface area is 138 Å². The van der Waals surface area contributed by atoms with Gasteiger partial charge in [-0.1, -0.05) is 23.7 Å². The van der Waals surface area contributed by atoms with Crippen molar-refractivity contribution >= 4 is 23.2 Å². The molecule has 116 valence electrons. The van der Waals surface area contributed by atoms with Gasteiger partial charge >= 0.3 is 0 Å². The van der Waals surface area contributed by atoms with Crippen LogP contribution in [0.5, 0.6) is 0 Å². The van der Waals surface area contributed by atoms with Crippen LogP contribution < -0.4 is 0 Å². The lowest BCUT2D eigenvalue weighted by molar-refractivity contribution is 0.0794. The van der Waals surface area contributed by atoms with E-state index >= 15 is 0 Å². The van der Waals surface area contributed by atoms with Crippen molar-refractivity contribution in [3.05, 3.63) is 53.3 Å². The van der Waals surface area contributed by atoms with Gasteiger partial charge in [0.15, 0.2) is 5.65 Å². The maximum Gasteiger partial charge on any atom is 0.259 e. The third-order valence-corrected chi connectivity index (χ3v) is 4.42. The minimum Gasteiger partial charge on any atom is -0.338 e. The van der Waals surface area contributed by atoms with E-state index in [0.717, 1.165) is 37.2 Å². The van der Waals surface area contributed by atoms with Crippen molar-refractivity contribution in [3.63, 3.8) is 0 Å². The van der Waals surface area contributed by atoms with Gasteiger partial charge in [0.2, 0.25) is 0 Å². The first-order valence-electron chi connectivity index (χ1n) is 7.62. The van der Waals surface area contributed by atoms with Crippen LogP contribution in [0.15, 0.2) is 42.7 Å². The minimum absolute atomic E-state index is 0.0123. The van der Waals surface area contributed by atoms with E-state index in [0.29, 0.717) is 16.2 Å². The van der Waals surface area contributed by atoms with Gasteiger partial charge in [0.25, 0.3) is 5.91 Å². The fourth-order valence-corrected chi connectivity index (χ4v) is 3.10. The van der Waals surface area contributed by atoms with Crippen LogP contribution in [-0.4, -0.2) is 38.5 Å². The Morgan fingerprint density at radius 2 is 1.83 bits per heavy atom. The first kappa shape index (κ1) is 14.2. The van der Waals surface area contributed by atoms with Gasteiger partial charge in [-0.25, -0.2) is 9.50 Å². The molecule has 0 unspecified atom stereocenters. The molecule has 5 nitrogen and oxygen atoms in total. The summed E-state index contributed by atoms with van der Waals surface area (Å²) < 4.78 is 1.71. The van der Waals surface area contributed by atoms with Crippen LogP contribution in [0.4, 0.5) is 0 Å². The lowest BCUT2D eigenvalue weighted by Gasteiger charge is -2.13. The number of likely N-dealkylation sites (tertiary alicyclic amines) is 1. The maximum atomic E-state index is 12.6. The number of amides is 1. The lowest BCUT2D eigenvalue weighted by Crippen LogP contribution is -2.27. The first-order chi connectivity index (χ1) is 11.2. The highest BCUT2D eigenvalue weighted by molar-refractivity contribution is 6.30. The Morgan fingerprint density at radius 1 is 1.09 bits per heavy atom. The standard InChI is InChI=1S/C17H15ClN4O/c18-13-5-3-12(4-6-13)15-7-8-19-16-14(11-20-22(15)16)17(23)21-9-1-2-10-21/h3-8,11H,1-2,9-10H2. The molecule has 0 spiro atoms. The second-order valence-corrected chi connectivity index (χ2v) is 6.07. The van der Waals surface area contributed by atoms with Crippen molar-refractivity contribution in [2.24, 2.45) is 0 Å². The van der Waals surface area contributed by atoms with Gasteiger partial charge in [0, 0.05) is 29.9 Å². The number of rotatable bonds is 2. The topological polar surface area (TPSA) is 50.5 Å². The van der Waals surface area contributed by atoms with Crippen LogP contribution in [0.2, 0.25) is 5.02 Å². The Kier molecular flexibility index (Phi) is 3.50. The Balaban J connectivity index is 1.80. The second kappa shape index (κ2) is 5.66. The van der Waals surface area contributed by atoms with Crippen LogP contribution in [0, 0.1) is 0 Å². The number of nitrogens with zero attached hydrogens (tertiary/aromatic N) is 4. The third kappa shape index (κ3) is 2.47. The largest absolute Gasteiger partial charge is 0.338 e. The quantitative estimate of drug-likeness (QED) is 0.726. The van der Waals surface area contributed by atoms with Crippen LogP contribution in [-0.2, 0) is 0 Å².